The third-order valence-corrected chi connectivity index (χ3v) is 4.20. The monoisotopic (exact) mass is 411 g/mol. The van der Waals surface area contributed by atoms with Crippen LogP contribution < -0.4 is 0 Å². The van der Waals surface area contributed by atoms with E-state index in [2.05, 4.69) is 20.2 Å². The van der Waals surface area contributed by atoms with Crippen LogP contribution in [0.15, 0.2) is 35.1 Å². The number of fused-ring (bicyclic) bond motifs is 1. The Morgan fingerprint density at radius 1 is 1.14 bits per heavy atom. The highest BCUT2D eigenvalue weighted by molar-refractivity contribution is 5.98. The summed E-state index contributed by atoms with van der Waals surface area (Å²) in [5.41, 5.74) is 0.0519. The lowest BCUT2D eigenvalue weighted by molar-refractivity contribution is -0.137. The minimum Gasteiger partial charge on any atom is -0.415 e. The summed E-state index contributed by atoms with van der Waals surface area (Å²) in [7, 11) is 0. The summed E-state index contributed by atoms with van der Waals surface area (Å²) in [6.45, 7) is -0.0195. The van der Waals surface area contributed by atoms with Gasteiger partial charge in [0.1, 0.15) is 0 Å². The number of carbonyl (C=O) groups excluding carboxylic acids is 1. The van der Waals surface area contributed by atoms with Crippen molar-refractivity contribution in [2.75, 3.05) is 0 Å². The van der Waals surface area contributed by atoms with E-state index >= 15 is 0 Å². The average Bonchev–Trinajstić information content (AvgIpc) is 3.27. The number of hydrogen-bond acceptors (Lipinski definition) is 6. The number of nitrogens with zero attached hydrogens (tertiary/aromatic N) is 5. The third-order valence-electron chi connectivity index (χ3n) is 4.20. The van der Waals surface area contributed by atoms with Gasteiger partial charge >= 0.3 is 12.6 Å². The molecule has 29 heavy (non-hydrogen) atoms. The van der Waals surface area contributed by atoms with Crippen molar-refractivity contribution in [2.45, 2.75) is 25.7 Å². The summed E-state index contributed by atoms with van der Waals surface area (Å²) in [5.74, 6) is -1.55. The molecule has 0 aromatic carbocycles. The minimum atomic E-state index is -4.54. The van der Waals surface area contributed by atoms with Gasteiger partial charge in [-0.2, -0.15) is 22.0 Å². The van der Waals surface area contributed by atoms with Crippen LogP contribution in [0.25, 0.3) is 11.5 Å². The first-order chi connectivity index (χ1) is 13.7. The number of hydrogen-bond donors (Lipinski definition) is 0. The maximum absolute atomic E-state index is 12.8. The molecule has 0 saturated heterocycles. The van der Waals surface area contributed by atoms with Gasteiger partial charge < -0.3 is 9.32 Å². The standard InChI is InChI=1S/C17H10F5N5O2/c18-13(19)15-26-25-14(29-15)9-2-11-12(24-4-9)7-27(16(11)28)6-8-1-10(5-23-3-8)17(20,21)22/h1-5,13H,6-7H2. The lowest BCUT2D eigenvalue weighted by Crippen LogP contribution is -2.23. The molecule has 0 atom stereocenters. The van der Waals surface area contributed by atoms with Gasteiger partial charge in [0.15, 0.2) is 0 Å². The lowest BCUT2D eigenvalue weighted by Gasteiger charge is -2.16. The van der Waals surface area contributed by atoms with Gasteiger partial charge in [0.25, 0.3) is 11.8 Å². The summed E-state index contributed by atoms with van der Waals surface area (Å²) >= 11 is 0. The van der Waals surface area contributed by atoms with E-state index in [0.717, 1.165) is 6.07 Å². The number of halogens is 5. The number of carbonyl (C=O) groups is 1. The Hall–Kier alpha value is -3.44. The van der Waals surface area contributed by atoms with E-state index in [1.54, 1.807) is 0 Å². The number of amides is 1. The molecule has 0 unspecified atom stereocenters. The molecule has 0 spiro atoms. The lowest BCUT2D eigenvalue weighted by atomic mass is 10.1. The van der Waals surface area contributed by atoms with Crippen molar-refractivity contribution < 1.29 is 31.2 Å². The van der Waals surface area contributed by atoms with E-state index in [0.29, 0.717) is 11.9 Å². The average molecular weight is 411 g/mol. The summed E-state index contributed by atoms with van der Waals surface area (Å²) in [6, 6.07) is 2.30. The maximum atomic E-state index is 12.8. The predicted octanol–water partition coefficient (Wildman–Crippen LogP) is 3.64. The molecule has 1 amide bonds. The summed E-state index contributed by atoms with van der Waals surface area (Å²) in [4.78, 5) is 21.6. The highest BCUT2D eigenvalue weighted by Gasteiger charge is 2.33. The van der Waals surface area contributed by atoms with Gasteiger partial charge in [-0.25, -0.2) is 0 Å². The van der Waals surface area contributed by atoms with Crippen LogP contribution in [0.2, 0.25) is 0 Å². The molecular weight excluding hydrogens is 401 g/mol. The largest absolute Gasteiger partial charge is 0.417 e. The van der Waals surface area contributed by atoms with Crippen molar-refractivity contribution in [3.05, 3.63) is 59.0 Å². The number of aromatic nitrogens is 4. The fourth-order valence-electron chi connectivity index (χ4n) is 2.86. The number of pyridine rings is 2. The van der Waals surface area contributed by atoms with Gasteiger partial charge in [0, 0.05) is 25.1 Å². The zero-order chi connectivity index (χ0) is 20.8. The van der Waals surface area contributed by atoms with E-state index < -0.39 is 30.0 Å². The van der Waals surface area contributed by atoms with Crippen LogP contribution in [0.1, 0.15) is 39.5 Å². The Morgan fingerprint density at radius 2 is 1.93 bits per heavy atom. The molecule has 0 bridgehead atoms. The molecule has 1 aliphatic heterocycles. The smallest absolute Gasteiger partial charge is 0.415 e. The highest BCUT2D eigenvalue weighted by Crippen LogP contribution is 2.31. The predicted molar refractivity (Wildman–Crippen MR) is 85.3 cm³/mol. The fraction of sp³-hybridized carbons (Fsp3) is 0.235. The zero-order valence-electron chi connectivity index (χ0n) is 14.3. The Labute approximate surface area is 159 Å². The van der Waals surface area contributed by atoms with Gasteiger partial charge in [-0.15, -0.1) is 10.2 Å². The fourth-order valence-corrected chi connectivity index (χ4v) is 2.86. The van der Waals surface area contributed by atoms with Crippen LogP contribution in [-0.2, 0) is 19.3 Å². The Bertz CT molecular complexity index is 1080. The number of alkyl halides is 5. The first kappa shape index (κ1) is 18.9. The van der Waals surface area contributed by atoms with Crippen molar-refractivity contribution in [1.29, 1.82) is 0 Å². The molecule has 4 rings (SSSR count). The molecule has 0 radical (unpaired) electrons. The second-order valence-corrected chi connectivity index (χ2v) is 6.21. The van der Waals surface area contributed by atoms with Gasteiger partial charge in [0.2, 0.25) is 5.89 Å². The Balaban J connectivity index is 1.56. The van der Waals surface area contributed by atoms with Crippen LogP contribution in [0.4, 0.5) is 22.0 Å². The molecule has 1 aliphatic rings. The first-order valence-electron chi connectivity index (χ1n) is 8.13. The molecule has 0 saturated carbocycles. The zero-order valence-corrected chi connectivity index (χ0v) is 14.3. The van der Waals surface area contributed by atoms with E-state index in [9.17, 15) is 26.7 Å². The van der Waals surface area contributed by atoms with Gasteiger partial charge in [-0.3, -0.25) is 14.8 Å². The van der Waals surface area contributed by atoms with Gasteiger partial charge in [-0.05, 0) is 17.7 Å². The van der Waals surface area contributed by atoms with Crippen LogP contribution in [-0.4, -0.2) is 31.0 Å². The molecule has 4 heterocycles. The van der Waals surface area contributed by atoms with E-state index in [-0.39, 0.29) is 35.7 Å². The molecule has 7 nitrogen and oxygen atoms in total. The van der Waals surface area contributed by atoms with Gasteiger partial charge in [-0.1, -0.05) is 0 Å². The molecule has 3 aromatic heterocycles. The Morgan fingerprint density at radius 3 is 2.62 bits per heavy atom. The third kappa shape index (κ3) is 3.65. The van der Waals surface area contributed by atoms with Crippen molar-refractivity contribution in [1.82, 2.24) is 25.1 Å². The van der Waals surface area contributed by atoms with Crippen LogP contribution in [0, 0.1) is 0 Å². The molecule has 12 heteroatoms. The topological polar surface area (TPSA) is 85.0 Å². The molecule has 0 fully saturated rings. The van der Waals surface area contributed by atoms with Gasteiger partial charge in [0.05, 0.1) is 28.9 Å². The van der Waals surface area contributed by atoms with E-state index in [1.165, 1.54) is 23.4 Å². The highest BCUT2D eigenvalue weighted by atomic mass is 19.4. The van der Waals surface area contributed by atoms with Crippen LogP contribution in [0.5, 0.6) is 0 Å². The second kappa shape index (κ2) is 6.87. The summed E-state index contributed by atoms with van der Waals surface area (Å²) < 4.78 is 68.5. The first-order valence-corrected chi connectivity index (χ1v) is 8.13. The van der Waals surface area contributed by atoms with Crippen molar-refractivity contribution >= 4 is 5.91 Å². The SMILES string of the molecule is O=C1c2cc(-c3nnc(C(F)F)o3)cnc2CN1Cc1cncc(C(F)(F)F)c1. The summed E-state index contributed by atoms with van der Waals surface area (Å²) in [5, 5.41) is 6.72. The van der Waals surface area contributed by atoms with Crippen LogP contribution in [0.3, 0.4) is 0 Å². The van der Waals surface area contributed by atoms with Crippen molar-refractivity contribution in [3.63, 3.8) is 0 Å². The normalized spacial score (nSPS) is 14.0. The maximum Gasteiger partial charge on any atom is 0.417 e. The number of rotatable bonds is 4. The molecule has 150 valence electrons. The van der Waals surface area contributed by atoms with Crippen molar-refractivity contribution in [3.8, 4) is 11.5 Å². The van der Waals surface area contributed by atoms with Crippen molar-refractivity contribution in [2.24, 2.45) is 0 Å². The quantitative estimate of drug-likeness (QED) is 0.610. The molecule has 3 aromatic rings. The summed E-state index contributed by atoms with van der Waals surface area (Å²) in [6.07, 6.45) is -4.23. The minimum absolute atomic E-state index is 0.0802. The second-order valence-electron chi connectivity index (χ2n) is 6.21. The van der Waals surface area contributed by atoms with E-state index in [4.69, 9.17) is 4.42 Å². The Kier molecular flexibility index (Phi) is 4.47. The van der Waals surface area contributed by atoms with Crippen LogP contribution >= 0.6 is 0 Å². The van der Waals surface area contributed by atoms with E-state index in [1.807, 2.05) is 0 Å². The molecular formula is C17H10F5N5O2. The molecule has 0 N–H and O–H groups in total. The molecule has 0 aliphatic carbocycles.